The average molecular weight is 314 g/mol. The summed E-state index contributed by atoms with van der Waals surface area (Å²) < 4.78 is 10.0. The second-order valence-corrected chi connectivity index (χ2v) is 5.48. The van der Waals surface area contributed by atoms with Crippen LogP contribution in [-0.2, 0) is 10.5 Å². The lowest BCUT2D eigenvalue weighted by molar-refractivity contribution is 0.0563. The molecular formula is C16H14N2O3S. The van der Waals surface area contributed by atoms with Gasteiger partial charge in [-0.1, -0.05) is 42.1 Å². The predicted octanol–water partition coefficient (Wildman–Crippen LogP) is 3.75. The van der Waals surface area contributed by atoms with Gasteiger partial charge in [0.05, 0.1) is 24.8 Å². The predicted molar refractivity (Wildman–Crippen MR) is 83.6 cm³/mol. The highest BCUT2D eigenvalue weighted by Gasteiger charge is 2.12. The van der Waals surface area contributed by atoms with Gasteiger partial charge in [0.15, 0.2) is 5.16 Å². The molecule has 0 saturated carbocycles. The van der Waals surface area contributed by atoms with Crippen LogP contribution in [0.3, 0.4) is 0 Å². The van der Waals surface area contributed by atoms with Crippen molar-refractivity contribution in [1.29, 1.82) is 0 Å². The van der Waals surface area contributed by atoms with Gasteiger partial charge >= 0.3 is 5.97 Å². The first-order chi connectivity index (χ1) is 10.8. The number of hydrogen-bond donors (Lipinski definition) is 1. The fourth-order valence-corrected chi connectivity index (χ4v) is 2.69. The standard InChI is InChI=1S/C16H14N2O3S/c1-20-15(19)14-8-7-12(21-14)10-22-16-17-9-13(18-16)11-5-3-2-4-6-11/h2-9H,10H2,1H3,(H,17,18). The highest BCUT2D eigenvalue weighted by atomic mass is 32.2. The van der Waals surface area contributed by atoms with E-state index >= 15 is 0 Å². The third kappa shape index (κ3) is 3.23. The molecule has 0 aliphatic heterocycles. The number of furan rings is 1. The zero-order valence-corrected chi connectivity index (χ0v) is 12.7. The Balaban J connectivity index is 1.64. The van der Waals surface area contributed by atoms with E-state index in [0.717, 1.165) is 16.4 Å². The number of methoxy groups -OCH3 is 1. The molecule has 6 heteroatoms. The summed E-state index contributed by atoms with van der Waals surface area (Å²) in [7, 11) is 1.33. The second-order valence-electron chi connectivity index (χ2n) is 4.51. The summed E-state index contributed by atoms with van der Waals surface area (Å²) in [6, 6.07) is 13.4. The number of thioether (sulfide) groups is 1. The molecule has 3 aromatic rings. The van der Waals surface area contributed by atoms with E-state index in [-0.39, 0.29) is 5.76 Å². The van der Waals surface area contributed by atoms with Crippen molar-refractivity contribution in [1.82, 2.24) is 9.97 Å². The average Bonchev–Trinajstić information content (AvgIpc) is 3.22. The number of esters is 1. The Hall–Kier alpha value is -2.47. The summed E-state index contributed by atoms with van der Waals surface area (Å²) in [6.45, 7) is 0. The summed E-state index contributed by atoms with van der Waals surface area (Å²) >= 11 is 1.51. The van der Waals surface area contributed by atoms with Crippen molar-refractivity contribution in [3.63, 3.8) is 0 Å². The molecule has 5 nitrogen and oxygen atoms in total. The molecular weight excluding hydrogens is 300 g/mol. The highest BCUT2D eigenvalue weighted by Crippen LogP contribution is 2.24. The molecule has 0 radical (unpaired) electrons. The van der Waals surface area contributed by atoms with Crippen LogP contribution in [0.5, 0.6) is 0 Å². The molecule has 0 saturated heterocycles. The quantitative estimate of drug-likeness (QED) is 0.574. The van der Waals surface area contributed by atoms with Gasteiger partial charge in [-0.3, -0.25) is 0 Å². The molecule has 0 amide bonds. The molecule has 2 heterocycles. The lowest BCUT2D eigenvalue weighted by Crippen LogP contribution is -1.98. The molecule has 1 N–H and O–H groups in total. The molecule has 0 atom stereocenters. The number of aromatic nitrogens is 2. The maximum atomic E-state index is 11.3. The highest BCUT2D eigenvalue weighted by molar-refractivity contribution is 7.98. The number of nitrogens with zero attached hydrogens (tertiary/aromatic N) is 1. The van der Waals surface area contributed by atoms with Crippen LogP contribution in [0, 0.1) is 0 Å². The Morgan fingerprint density at radius 2 is 2.09 bits per heavy atom. The van der Waals surface area contributed by atoms with E-state index < -0.39 is 5.97 Å². The van der Waals surface area contributed by atoms with Crippen molar-refractivity contribution in [2.75, 3.05) is 7.11 Å². The van der Waals surface area contributed by atoms with Gasteiger partial charge in [0, 0.05) is 0 Å². The molecule has 2 aromatic heterocycles. The molecule has 1 aromatic carbocycles. The Morgan fingerprint density at radius 1 is 1.27 bits per heavy atom. The third-order valence-electron chi connectivity index (χ3n) is 3.04. The van der Waals surface area contributed by atoms with Gasteiger partial charge in [0.2, 0.25) is 5.76 Å². The summed E-state index contributed by atoms with van der Waals surface area (Å²) in [5.74, 6) is 1.02. The van der Waals surface area contributed by atoms with E-state index in [0.29, 0.717) is 11.5 Å². The molecule has 3 rings (SSSR count). The summed E-state index contributed by atoms with van der Waals surface area (Å²) in [4.78, 5) is 18.9. The number of rotatable bonds is 5. The molecule has 0 spiro atoms. The number of nitrogens with one attached hydrogen (secondary N) is 1. The van der Waals surface area contributed by atoms with Gasteiger partial charge in [-0.2, -0.15) is 0 Å². The number of imidazole rings is 1. The lowest BCUT2D eigenvalue weighted by Gasteiger charge is -1.97. The van der Waals surface area contributed by atoms with Crippen LogP contribution in [0.15, 0.2) is 58.2 Å². The zero-order valence-electron chi connectivity index (χ0n) is 11.9. The van der Waals surface area contributed by atoms with E-state index in [9.17, 15) is 4.79 Å². The maximum Gasteiger partial charge on any atom is 0.373 e. The molecule has 22 heavy (non-hydrogen) atoms. The topological polar surface area (TPSA) is 68.1 Å². The van der Waals surface area contributed by atoms with Crippen LogP contribution in [-0.4, -0.2) is 23.0 Å². The Morgan fingerprint density at radius 3 is 2.86 bits per heavy atom. The Labute approximate surface area is 131 Å². The number of H-pyrrole nitrogens is 1. The first-order valence-corrected chi connectivity index (χ1v) is 7.65. The minimum Gasteiger partial charge on any atom is -0.463 e. The van der Waals surface area contributed by atoms with Gasteiger partial charge in [-0.05, 0) is 17.7 Å². The van der Waals surface area contributed by atoms with Crippen LogP contribution in [0.25, 0.3) is 11.3 Å². The largest absolute Gasteiger partial charge is 0.463 e. The monoisotopic (exact) mass is 314 g/mol. The van der Waals surface area contributed by atoms with Gasteiger partial charge < -0.3 is 14.1 Å². The number of carbonyl (C=O) groups excluding carboxylic acids is 1. The van der Waals surface area contributed by atoms with Crippen LogP contribution < -0.4 is 0 Å². The lowest BCUT2D eigenvalue weighted by atomic mass is 10.2. The molecule has 0 aliphatic carbocycles. The molecule has 0 unspecified atom stereocenters. The summed E-state index contributed by atoms with van der Waals surface area (Å²) in [5.41, 5.74) is 2.06. The van der Waals surface area contributed by atoms with Crippen molar-refractivity contribution in [3.8, 4) is 11.3 Å². The second kappa shape index (κ2) is 6.53. The van der Waals surface area contributed by atoms with Crippen molar-refractivity contribution in [2.24, 2.45) is 0 Å². The van der Waals surface area contributed by atoms with E-state index in [1.165, 1.54) is 18.9 Å². The summed E-state index contributed by atoms with van der Waals surface area (Å²) in [6.07, 6.45) is 1.81. The van der Waals surface area contributed by atoms with E-state index in [4.69, 9.17) is 4.42 Å². The molecule has 0 aliphatic rings. The third-order valence-corrected chi connectivity index (χ3v) is 3.95. The fourth-order valence-electron chi connectivity index (χ4n) is 1.95. The smallest absolute Gasteiger partial charge is 0.373 e. The number of aromatic amines is 1. The molecule has 112 valence electrons. The van der Waals surface area contributed by atoms with Crippen LogP contribution in [0.4, 0.5) is 0 Å². The van der Waals surface area contributed by atoms with Crippen molar-refractivity contribution in [3.05, 3.63) is 60.2 Å². The van der Waals surface area contributed by atoms with Crippen LogP contribution in [0.1, 0.15) is 16.3 Å². The maximum absolute atomic E-state index is 11.3. The van der Waals surface area contributed by atoms with Crippen molar-refractivity contribution in [2.45, 2.75) is 10.9 Å². The van der Waals surface area contributed by atoms with Crippen LogP contribution >= 0.6 is 11.8 Å². The minimum absolute atomic E-state index is 0.211. The first kappa shape index (κ1) is 14.5. The number of ether oxygens (including phenoxy) is 1. The van der Waals surface area contributed by atoms with Crippen molar-refractivity contribution >= 4 is 17.7 Å². The van der Waals surface area contributed by atoms with Gasteiger partial charge in [-0.25, -0.2) is 9.78 Å². The van der Waals surface area contributed by atoms with Crippen molar-refractivity contribution < 1.29 is 13.9 Å². The summed E-state index contributed by atoms with van der Waals surface area (Å²) in [5, 5.41) is 0.801. The van der Waals surface area contributed by atoms with E-state index in [2.05, 4.69) is 14.7 Å². The fraction of sp³-hybridized carbons (Fsp3) is 0.125. The first-order valence-electron chi connectivity index (χ1n) is 6.66. The zero-order chi connectivity index (χ0) is 15.4. The Kier molecular flexibility index (Phi) is 4.29. The van der Waals surface area contributed by atoms with Crippen LogP contribution in [0.2, 0.25) is 0 Å². The van der Waals surface area contributed by atoms with E-state index in [1.54, 1.807) is 18.3 Å². The van der Waals surface area contributed by atoms with E-state index in [1.807, 2.05) is 30.3 Å². The SMILES string of the molecule is COC(=O)c1ccc(CSc2ncc(-c3ccccc3)[nH]2)o1. The Bertz CT molecular complexity index is 765. The minimum atomic E-state index is -0.472. The molecule has 0 fully saturated rings. The number of hydrogen-bond acceptors (Lipinski definition) is 5. The number of carbonyl (C=O) groups is 1. The molecule has 0 bridgehead atoms. The van der Waals surface area contributed by atoms with Gasteiger partial charge in [-0.15, -0.1) is 0 Å². The normalized spacial score (nSPS) is 10.6. The van der Waals surface area contributed by atoms with Gasteiger partial charge in [0.25, 0.3) is 0 Å². The van der Waals surface area contributed by atoms with Gasteiger partial charge in [0.1, 0.15) is 5.76 Å². The number of benzene rings is 1.